The quantitative estimate of drug-likeness (QED) is 0.909. The number of nitrogens with one attached hydrogen (secondary N) is 1. The minimum atomic E-state index is 0. The molecule has 0 saturated carbocycles. The summed E-state index contributed by atoms with van der Waals surface area (Å²) in [5, 5.41) is 7.48. The summed E-state index contributed by atoms with van der Waals surface area (Å²) in [6.07, 6.45) is 0. The van der Waals surface area contributed by atoms with Gasteiger partial charge in [-0.25, -0.2) is 0 Å². The molecular weight excluding hydrogens is 320 g/mol. The molecule has 8 heteroatoms. The number of likely N-dealkylation sites (N-methyl/N-ethyl adjacent to an activating group) is 1. The predicted molar refractivity (Wildman–Crippen MR) is 88.3 cm³/mol. The van der Waals surface area contributed by atoms with E-state index in [1.165, 1.54) is 0 Å². The van der Waals surface area contributed by atoms with Crippen molar-refractivity contribution in [1.29, 1.82) is 0 Å². The average Bonchev–Trinajstić information content (AvgIpc) is 3.04. The van der Waals surface area contributed by atoms with Gasteiger partial charge in [0.2, 0.25) is 0 Å². The van der Waals surface area contributed by atoms with E-state index < -0.39 is 0 Å². The van der Waals surface area contributed by atoms with Crippen LogP contribution >= 0.6 is 12.4 Å². The number of rotatable bonds is 4. The number of piperazine rings is 1. The fraction of sp³-hybridized carbons (Fsp3) is 0.467. The Hall–Kier alpha value is -1.83. The number of aromatic nitrogens is 2. The third-order valence-electron chi connectivity index (χ3n) is 3.88. The first-order chi connectivity index (χ1) is 10.7. The zero-order valence-corrected chi connectivity index (χ0v) is 14.2. The van der Waals surface area contributed by atoms with Gasteiger partial charge in [0.05, 0.1) is 25.8 Å². The number of methoxy groups -OCH3 is 2. The largest absolute Gasteiger partial charge is 0.493 e. The molecule has 1 N–H and O–H groups in total. The van der Waals surface area contributed by atoms with Gasteiger partial charge in [-0.1, -0.05) is 11.2 Å². The summed E-state index contributed by atoms with van der Waals surface area (Å²) >= 11 is 0. The lowest BCUT2D eigenvalue weighted by atomic mass is 10.1. The molecule has 1 aliphatic heterocycles. The van der Waals surface area contributed by atoms with Gasteiger partial charge in [0.25, 0.3) is 5.89 Å². The van der Waals surface area contributed by atoms with E-state index in [4.69, 9.17) is 14.0 Å². The zero-order valence-electron chi connectivity index (χ0n) is 13.4. The molecule has 0 bridgehead atoms. The minimum Gasteiger partial charge on any atom is -0.493 e. The topological polar surface area (TPSA) is 72.7 Å². The Bertz CT molecular complexity index is 649. The highest BCUT2D eigenvalue weighted by atomic mass is 35.5. The Morgan fingerprint density at radius 1 is 1.30 bits per heavy atom. The summed E-state index contributed by atoms with van der Waals surface area (Å²) in [6, 6.07) is 5.69. The lowest BCUT2D eigenvalue weighted by Crippen LogP contribution is -2.44. The normalized spacial score (nSPS) is 18.3. The van der Waals surface area contributed by atoms with Crippen molar-refractivity contribution in [2.45, 2.75) is 6.04 Å². The lowest BCUT2D eigenvalue weighted by Gasteiger charge is -2.30. The van der Waals surface area contributed by atoms with Crippen LogP contribution in [0.1, 0.15) is 11.9 Å². The van der Waals surface area contributed by atoms with Gasteiger partial charge in [-0.05, 0) is 19.2 Å². The highest BCUT2D eigenvalue weighted by Gasteiger charge is 2.26. The van der Waals surface area contributed by atoms with Crippen molar-refractivity contribution < 1.29 is 14.0 Å². The first-order valence-corrected chi connectivity index (χ1v) is 7.20. The van der Waals surface area contributed by atoms with Crippen LogP contribution in [0.5, 0.6) is 11.5 Å². The second-order valence-electron chi connectivity index (χ2n) is 5.20. The molecule has 126 valence electrons. The molecule has 1 unspecified atom stereocenters. The van der Waals surface area contributed by atoms with Gasteiger partial charge >= 0.3 is 0 Å². The number of ether oxygens (including phenoxy) is 2. The van der Waals surface area contributed by atoms with Crippen LogP contribution in [0.3, 0.4) is 0 Å². The molecule has 1 aliphatic rings. The summed E-state index contributed by atoms with van der Waals surface area (Å²) < 4.78 is 16.2. The van der Waals surface area contributed by atoms with Crippen molar-refractivity contribution in [3.63, 3.8) is 0 Å². The van der Waals surface area contributed by atoms with Crippen molar-refractivity contribution in [2.75, 3.05) is 40.9 Å². The number of nitrogens with zero attached hydrogens (tertiary/aromatic N) is 3. The van der Waals surface area contributed by atoms with Gasteiger partial charge in [0.15, 0.2) is 17.3 Å². The Labute approximate surface area is 141 Å². The molecular formula is C15H21ClN4O3. The Morgan fingerprint density at radius 3 is 2.83 bits per heavy atom. The summed E-state index contributed by atoms with van der Waals surface area (Å²) in [7, 11) is 5.26. The smallest absolute Gasteiger partial charge is 0.261 e. The lowest BCUT2D eigenvalue weighted by molar-refractivity contribution is 0.190. The number of para-hydroxylation sites is 1. The molecule has 1 fully saturated rings. The third kappa shape index (κ3) is 3.41. The van der Waals surface area contributed by atoms with E-state index in [1.54, 1.807) is 14.2 Å². The molecule has 23 heavy (non-hydrogen) atoms. The molecule has 0 spiro atoms. The number of hydrogen-bond acceptors (Lipinski definition) is 7. The highest BCUT2D eigenvalue weighted by molar-refractivity contribution is 5.85. The average molecular weight is 341 g/mol. The SMILES string of the molecule is COc1cccc(-c2nc(C3CNCCN3C)no2)c1OC.Cl. The predicted octanol–water partition coefficient (Wildman–Crippen LogP) is 1.75. The van der Waals surface area contributed by atoms with Crippen LogP contribution in [0.15, 0.2) is 22.7 Å². The molecule has 0 aliphatic carbocycles. The van der Waals surface area contributed by atoms with Crippen molar-refractivity contribution in [2.24, 2.45) is 0 Å². The second kappa shape index (κ2) is 7.63. The van der Waals surface area contributed by atoms with Gasteiger partial charge in [0, 0.05) is 19.6 Å². The van der Waals surface area contributed by atoms with Crippen LogP contribution in [0, 0.1) is 0 Å². The van der Waals surface area contributed by atoms with Crippen molar-refractivity contribution in [1.82, 2.24) is 20.4 Å². The van der Waals surface area contributed by atoms with Gasteiger partial charge in [-0.15, -0.1) is 12.4 Å². The summed E-state index contributed by atoms with van der Waals surface area (Å²) in [5.41, 5.74) is 0.729. The molecule has 2 heterocycles. The van der Waals surface area contributed by atoms with E-state index in [-0.39, 0.29) is 18.4 Å². The van der Waals surface area contributed by atoms with Crippen LogP contribution in [0.4, 0.5) is 0 Å². The zero-order chi connectivity index (χ0) is 15.5. The number of hydrogen-bond donors (Lipinski definition) is 1. The third-order valence-corrected chi connectivity index (χ3v) is 3.88. The molecule has 3 rings (SSSR count). The summed E-state index contributed by atoms with van der Waals surface area (Å²) in [5.74, 6) is 2.34. The molecule has 1 aromatic carbocycles. The van der Waals surface area contributed by atoms with E-state index in [2.05, 4.69) is 27.4 Å². The molecule has 1 aromatic heterocycles. The second-order valence-corrected chi connectivity index (χ2v) is 5.20. The van der Waals surface area contributed by atoms with Crippen LogP contribution in [0.25, 0.3) is 11.5 Å². The van der Waals surface area contributed by atoms with E-state index in [0.29, 0.717) is 23.2 Å². The standard InChI is InChI=1S/C15H20N4O3.ClH/c1-19-8-7-16-9-11(19)14-17-15(22-18-14)10-5-4-6-12(20-2)13(10)21-3;/h4-6,11,16H,7-9H2,1-3H3;1H. The molecule has 7 nitrogen and oxygen atoms in total. The van der Waals surface area contributed by atoms with Gasteiger partial charge in [-0.3, -0.25) is 4.90 Å². The molecule has 1 atom stereocenters. The summed E-state index contributed by atoms with van der Waals surface area (Å²) in [4.78, 5) is 6.76. The number of halogens is 1. The monoisotopic (exact) mass is 340 g/mol. The first-order valence-electron chi connectivity index (χ1n) is 7.20. The fourth-order valence-electron chi connectivity index (χ4n) is 2.63. The maximum atomic E-state index is 5.44. The van der Waals surface area contributed by atoms with Crippen molar-refractivity contribution in [3.05, 3.63) is 24.0 Å². The first kappa shape index (κ1) is 17.5. The van der Waals surface area contributed by atoms with E-state index in [0.717, 1.165) is 25.2 Å². The van der Waals surface area contributed by atoms with E-state index in [9.17, 15) is 0 Å². The van der Waals surface area contributed by atoms with Crippen molar-refractivity contribution in [3.8, 4) is 23.0 Å². The Kier molecular flexibility index (Phi) is 5.81. The molecule has 2 aromatic rings. The number of benzene rings is 1. The van der Waals surface area contributed by atoms with E-state index in [1.807, 2.05) is 18.2 Å². The van der Waals surface area contributed by atoms with E-state index >= 15 is 0 Å². The molecule has 1 saturated heterocycles. The molecule has 0 amide bonds. The van der Waals surface area contributed by atoms with Crippen molar-refractivity contribution >= 4 is 12.4 Å². The fourth-order valence-corrected chi connectivity index (χ4v) is 2.63. The maximum Gasteiger partial charge on any atom is 0.261 e. The van der Waals surface area contributed by atoms with Gasteiger partial charge in [0.1, 0.15) is 0 Å². The van der Waals surface area contributed by atoms with Crippen LogP contribution in [-0.4, -0.2) is 55.9 Å². The highest BCUT2D eigenvalue weighted by Crippen LogP contribution is 2.37. The minimum absolute atomic E-state index is 0. The summed E-state index contributed by atoms with van der Waals surface area (Å²) in [6.45, 7) is 2.74. The Morgan fingerprint density at radius 2 is 2.13 bits per heavy atom. The van der Waals surface area contributed by atoms with Gasteiger partial charge < -0.3 is 19.3 Å². The molecule has 0 radical (unpaired) electrons. The van der Waals surface area contributed by atoms with Crippen LogP contribution in [-0.2, 0) is 0 Å². The maximum absolute atomic E-state index is 5.44. The van der Waals surface area contributed by atoms with Gasteiger partial charge in [-0.2, -0.15) is 4.98 Å². The van der Waals surface area contributed by atoms with Crippen LogP contribution < -0.4 is 14.8 Å². The van der Waals surface area contributed by atoms with Crippen LogP contribution in [0.2, 0.25) is 0 Å². The Balaban J connectivity index is 0.00000192.